The first-order valence-corrected chi connectivity index (χ1v) is 9.02. The third-order valence-corrected chi connectivity index (χ3v) is 4.76. The van der Waals surface area contributed by atoms with Crippen LogP contribution in [0.2, 0.25) is 0 Å². The minimum atomic E-state index is -0.419. The van der Waals surface area contributed by atoms with Crippen LogP contribution < -0.4 is 5.76 Å². The maximum absolute atomic E-state index is 12.9. The van der Waals surface area contributed by atoms with Crippen molar-refractivity contribution in [2.75, 3.05) is 0 Å². The number of aryl methyl sites for hydroxylation is 1. The second-order valence-corrected chi connectivity index (χ2v) is 6.50. The van der Waals surface area contributed by atoms with E-state index in [0.29, 0.717) is 18.7 Å². The third-order valence-electron chi connectivity index (χ3n) is 4.76. The van der Waals surface area contributed by atoms with Crippen molar-refractivity contribution in [2.45, 2.75) is 45.8 Å². The number of carbonyl (C=O) groups excluding carboxylic acids is 1. The number of benzene rings is 2. The van der Waals surface area contributed by atoms with E-state index in [9.17, 15) is 9.59 Å². The highest BCUT2D eigenvalue weighted by atomic mass is 16.4. The molecule has 1 amide bonds. The normalized spacial score (nSPS) is 12.2. The summed E-state index contributed by atoms with van der Waals surface area (Å²) in [4.78, 5) is 26.8. The Balaban J connectivity index is 1.75. The van der Waals surface area contributed by atoms with Crippen molar-refractivity contribution < 1.29 is 9.21 Å². The standard InChI is InChI=1S/C21H24N2O3/c1-3-16(2)23(15-17-9-5-4-6-10-17)20(24)13-14-22-18-11-7-8-12-19(18)26-21(22)25/h4-12,16H,3,13-15H2,1-2H3. The van der Waals surface area contributed by atoms with E-state index in [2.05, 4.69) is 13.8 Å². The number of amides is 1. The predicted octanol–water partition coefficient (Wildman–Crippen LogP) is 3.81. The molecule has 2 aromatic carbocycles. The molecule has 5 heteroatoms. The van der Waals surface area contributed by atoms with Gasteiger partial charge in [-0.05, 0) is 31.0 Å². The molecule has 136 valence electrons. The topological polar surface area (TPSA) is 55.5 Å². The number of hydrogen-bond acceptors (Lipinski definition) is 3. The second-order valence-electron chi connectivity index (χ2n) is 6.50. The Morgan fingerprint density at radius 1 is 1.12 bits per heavy atom. The molecule has 1 aromatic heterocycles. The summed E-state index contributed by atoms with van der Waals surface area (Å²) in [7, 11) is 0. The van der Waals surface area contributed by atoms with Gasteiger partial charge >= 0.3 is 5.76 Å². The summed E-state index contributed by atoms with van der Waals surface area (Å²) < 4.78 is 6.77. The molecule has 26 heavy (non-hydrogen) atoms. The monoisotopic (exact) mass is 352 g/mol. The molecule has 0 saturated carbocycles. The van der Waals surface area contributed by atoms with Crippen LogP contribution in [-0.4, -0.2) is 21.4 Å². The Bertz CT molecular complexity index is 927. The molecule has 0 aliphatic rings. The summed E-state index contributed by atoms with van der Waals surface area (Å²) in [6.07, 6.45) is 1.15. The zero-order valence-electron chi connectivity index (χ0n) is 15.2. The van der Waals surface area contributed by atoms with Gasteiger partial charge in [-0.2, -0.15) is 0 Å². The largest absolute Gasteiger partial charge is 0.419 e. The van der Waals surface area contributed by atoms with Crippen LogP contribution >= 0.6 is 0 Å². The first-order valence-electron chi connectivity index (χ1n) is 9.02. The highest BCUT2D eigenvalue weighted by Crippen LogP contribution is 2.15. The van der Waals surface area contributed by atoms with Gasteiger partial charge in [-0.25, -0.2) is 4.79 Å². The average Bonchev–Trinajstić information content (AvgIpc) is 2.99. The molecule has 5 nitrogen and oxygen atoms in total. The van der Waals surface area contributed by atoms with Gasteiger partial charge in [0.05, 0.1) is 5.52 Å². The summed E-state index contributed by atoms with van der Waals surface area (Å²) in [6, 6.07) is 17.4. The number of oxazole rings is 1. The van der Waals surface area contributed by atoms with Crippen LogP contribution in [-0.2, 0) is 17.9 Å². The highest BCUT2D eigenvalue weighted by Gasteiger charge is 2.20. The molecule has 1 unspecified atom stereocenters. The molecule has 0 aliphatic carbocycles. The SMILES string of the molecule is CCC(C)N(Cc1ccccc1)C(=O)CCn1c(=O)oc2ccccc21. The molecule has 0 bridgehead atoms. The van der Waals surface area contributed by atoms with E-state index >= 15 is 0 Å². The maximum Gasteiger partial charge on any atom is 0.419 e. The summed E-state index contributed by atoms with van der Waals surface area (Å²) >= 11 is 0. The second kappa shape index (κ2) is 8.04. The maximum atomic E-state index is 12.9. The van der Waals surface area contributed by atoms with Gasteiger partial charge in [-0.1, -0.05) is 49.4 Å². The highest BCUT2D eigenvalue weighted by molar-refractivity contribution is 5.77. The fraction of sp³-hybridized carbons (Fsp3) is 0.333. The molecule has 0 saturated heterocycles. The van der Waals surface area contributed by atoms with Gasteiger partial charge in [-0.15, -0.1) is 0 Å². The quantitative estimate of drug-likeness (QED) is 0.650. The van der Waals surface area contributed by atoms with E-state index in [4.69, 9.17) is 4.42 Å². The predicted molar refractivity (Wildman–Crippen MR) is 102 cm³/mol. The number of aromatic nitrogens is 1. The van der Waals surface area contributed by atoms with Gasteiger partial charge in [0.1, 0.15) is 0 Å². The fourth-order valence-electron chi connectivity index (χ4n) is 3.07. The van der Waals surface area contributed by atoms with Crippen molar-refractivity contribution in [3.63, 3.8) is 0 Å². The molecular weight excluding hydrogens is 328 g/mol. The van der Waals surface area contributed by atoms with Crippen LogP contribution in [0, 0.1) is 0 Å². The van der Waals surface area contributed by atoms with Crippen molar-refractivity contribution in [2.24, 2.45) is 0 Å². The van der Waals surface area contributed by atoms with E-state index in [1.807, 2.05) is 53.4 Å². The lowest BCUT2D eigenvalue weighted by Gasteiger charge is -2.29. The van der Waals surface area contributed by atoms with Gasteiger partial charge in [0.2, 0.25) is 5.91 Å². The Hall–Kier alpha value is -2.82. The van der Waals surface area contributed by atoms with Gasteiger partial charge in [-0.3, -0.25) is 9.36 Å². The Morgan fingerprint density at radius 3 is 2.54 bits per heavy atom. The lowest BCUT2D eigenvalue weighted by Crippen LogP contribution is -2.38. The summed E-state index contributed by atoms with van der Waals surface area (Å²) in [6.45, 7) is 5.02. The molecule has 3 rings (SSSR count). The number of para-hydroxylation sites is 2. The summed E-state index contributed by atoms with van der Waals surface area (Å²) in [5, 5.41) is 0. The number of hydrogen-bond donors (Lipinski definition) is 0. The number of fused-ring (bicyclic) bond motifs is 1. The minimum Gasteiger partial charge on any atom is -0.408 e. The summed E-state index contributed by atoms with van der Waals surface area (Å²) in [5.41, 5.74) is 2.38. The van der Waals surface area contributed by atoms with E-state index in [1.165, 1.54) is 4.57 Å². The summed E-state index contributed by atoms with van der Waals surface area (Å²) in [5.74, 6) is -0.377. The van der Waals surface area contributed by atoms with E-state index < -0.39 is 5.76 Å². The van der Waals surface area contributed by atoms with Crippen molar-refractivity contribution in [1.82, 2.24) is 9.47 Å². The van der Waals surface area contributed by atoms with E-state index in [-0.39, 0.29) is 18.4 Å². The molecule has 0 aliphatic heterocycles. The first-order chi connectivity index (χ1) is 12.6. The van der Waals surface area contributed by atoms with Gasteiger partial charge < -0.3 is 9.32 Å². The minimum absolute atomic E-state index is 0.0420. The van der Waals surface area contributed by atoms with Crippen LogP contribution in [0.3, 0.4) is 0 Å². The molecule has 0 fully saturated rings. The van der Waals surface area contributed by atoms with Gasteiger partial charge in [0.25, 0.3) is 0 Å². The number of carbonyl (C=O) groups is 1. The van der Waals surface area contributed by atoms with Crippen molar-refractivity contribution in [3.05, 3.63) is 70.7 Å². The molecule has 0 spiro atoms. The van der Waals surface area contributed by atoms with Crippen molar-refractivity contribution >= 4 is 17.0 Å². The average molecular weight is 352 g/mol. The van der Waals surface area contributed by atoms with Crippen LogP contribution in [0.15, 0.2) is 63.8 Å². The Morgan fingerprint density at radius 2 is 1.81 bits per heavy atom. The zero-order chi connectivity index (χ0) is 18.5. The molecule has 3 aromatic rings. The Kier molecular flexibility index (Phi) is 5.56. The molecule has 0 N–H and O–H groups in total. The first kappa shape index (κ1) is 18.0. The van der Waals surface area contributed by atoms with E-state index in [0.717, 1.165) is 17.5 Å². The smallest absolute Gasteiger partial charge is 0.408 e. The van der Waals surface area contributed by atoms with Gasteiger partial charge in [0, 0.05) is 25.6 Å². The molecule has 1 heterocycles. The molecule has 1 atom stereocenters. The van der Waals surface area contributed by atoms with Crippen LogP contribution in [0.4, 0.5) is 0 Å². The van der Waals surface area contributed by atoms with Crippen LogP contribution in [0.1, 0.15) is 32.3 Å². The number of rotatable bonds is 7. The molecule has 0 radical (unpaired) electrons. The lowest BCUT2D eigenvalue weighted by atomic mass is 10.1. The lowest BCUT2D eigenvalue weighted by molar-refractivity contribution is -0.134. The third kappa shape index (κ3) is 3.87. The number of nitrogens with zero attached hydrogens (tertiary/aromatic N) is 2. The van der Waals surface area contributed by atoms with Crippen molar-refractivity contribution in [3.8, 4) is 0 Å². The van der Waals surface area contributed by atoms with E-state index in [1.54, 1.807) is 6.07 Å². The fourth-order valence-corrected chi connectivity index (χ4v) is 3.07. The van der Waals surface area contributed by atoms with Crippen molar-refractivity contribution in [1.29, 1.82) is 0 Å². The zero-order valence-corrected chi connectivity index (χ0v) is 15.2. The Labute approximate surface area is 152 Å². The molecular formula is C21H24N2O3. The van der Waals surface area contributed by atoms with Crippen LogP contribution in [0.5, 0.6) is 0 Å². The van der Waals surface area contributed by atoms with Gasteiger partial charge in [0.15, 0.2) is 5.58 Å². The van der Waals surface area contributed by atoms with Crippen LogP contribution in [0.25, 0.3) is 11.1 Å².